The molecule has 0 spiro atoms. The van der Waals surface area contributed by atoms with Gasteiger partial charge < -0.3 is 10.2 Å². The van der Waals surface area contributed by atoms with Crippen LogP contribution < -0.4 is 10.0 Å². The molecule has 31 heavy (non-hydrogen) atoms. The smallest absolute Gasteiger partial charge is 0.335 e. The fraction of sp³-hybridized carbons (Fsp3) is 0.160. The fourth-order valence-electron chi connectivity index (χ4n) is 5.76. The van der Waals surface area contributed by atoms with Crippen molar-refractivity contribution in [3.63, 3.8) is 0 Å². The van der Waals surface area contributed by atoms with Crippen LogP contribution >= 0.6 is 0 Å². The molecule has 3 aromatic carbocycles. The molecule has 3 aliphatic carbocycles. The minimum absolute atomic E-state index is 0.133. The predicted octanol–water partition coefficient (Wildman–Crippen LogP) is 2.86. The summed E-state index contributed by atoms with van der Waals surface area (Å²) in [6, 6.07) is 19.4. The van der Waals surface area contributed by atoms with Crippen molar-refractivity contribution < 1.29 is 24.6 Å². The molecule has 2 atom stereocenters. The van der Waals surface area contributed by atoms with Crippen molar-refractivity contribution in [1.82, 2.24) is 0 Å². The Bertz CT molecular complexity index is 1200. The molecule has 1 saturated heterocycles. The van der Waals surface area contributed by atoms with Crippen LogP contribution in [-0.2, 0) is 9.59 Å². The number of carbonyl (C=O) groups excluding carboxylic acids is 2. The van der Waals surface area contributed by atoms with E-state index in [1.54, 1.807) is 0 Å². The van der Waals surface area contributed by atoms with E-state index in [-0.39, 0.29) is 29.3 Å². The first-order chi connectivity index (χ1) is 15.0. The predicted molar refractivity (Wildman–Crippen MR) is 109 cm³/mol. The van der Waals surface area contributed by atoms with Crippen LogP contribution in [0.3, 0.4) is 0 Å². The highest BCUT2D eigenvalue weighted by atomic mass is 16.4. The van der Waals surface area contributed by atoms with Crippen LogP contribution in [0, 0.1) is 11.8 Å². The summed E-state index contributed by atoms with van der Waals surface area (Å²) in [5, 5.41) is 21.2. The van der Waals surface area contributed by atoms with E-state index in [4.69, 9.17) is 0 Å². The first-order valence-electron chi connectivity index (χ1n) is 10.1. The van der Waals surface area contributed by atoms with E-state index in [1.165, 1.54) is 6.07 Å². The summed E-state index contributed by atoms with van der Waals surface area (Å²) < 4.78 is 0. The summed E-state index contributed by atoms with van der Waals surface area (Å²) in [6.07, 6.45) is 0. The van der Waals surface area contributed by atoms with Gasteiger partial charge in [-0.3, -0.25) is 9.59 Å². The van der Waals surface area contributed by atoms with Crippen molar-refractivity contribution in [3.8, 4) is 5.75 Å². The molecule has 0 radical (unpaired) electrons. The third kappa shape index (κ3) is 2.19. The number of rotatable bonds is 2. The van der Waals surface area contributed by atoms with Crippen molar-refractivity contribution in [2.75, 3.05) is 4.90 Å². The van der Waals surface area contributed by atoms with Crippen molar-refractivity contribution in [1.29, 1.82) is 0 Å². The normalized spacial score (nSPS) is 25.2. The average molecular weight is 410 g/mol. The number of anilines is 1. The zero-order valence-corrected chi connectivity index (χ0v) is 16.2. The molecule has 7 rings (SSSR count). The number of benzene rings is 3. The van der Waals surface area contributed by atoms with E-state index < -0.39 is 29.1 Å². The van der Waals surface area contributed by atoms with Gasteiger partial charge in [0, 0.05) is 11.8 Å². The number of carboxylic acids is 1. The van der Waals surface area contributed by atoms with Crippen LogP contribution in [-0.4, -0.2) is 22.9 Å². The number of amides is 2. The number of aromatic carboxylic acids is 1. The highest BCUT2D eigenvalue weighted by Gasteiger charge is 2.61. The average Bonchev–Trinajstić information content (AvgIpc) is 3.05. The summed E-state index contributed by atoms with van der Waals surface area (Å²) in [6.45, 7) is 0. The molecule has 0 saturated carbocycles. The van der Waals surface area contributed by atoms with E-state index in [1.807, 2.05) is 48.5 Å². The van der Waals surface area contributed by atoms with Crippen LogP contribution in [0.1, 0.15) is 44.4 Å². The van der Waals surface area contributed by atoms with Crippen LogP contribution in [0.5, 0.6) is 5.75 Å². The summed E-state index contributed by atoms with van der Waals surface area (Å²) in [7, 11) is 0. The molecule has 3 aromatic rings. The second-order valence-corrected chi connectivity index (χ2v) is 8.26. The largest absolute Gasteiger partial charge is 0.872 e. The Balaban J connectivity index is 1.54. The maximum atomic E-state index is 13.6. The van der Waals surface area contributed by atoms with Crippen LogP contribution in [0.2, 0.25) is 0 Å². The Kier molecular flexibility index (Phi) is 3.49. The number of hydrogen-bond donors (Lipinski definition) is 1. The first kappa shape index (κ1) is 17.9. The quantitative estimate of drug-likeness (QED) is 0.655. The monoisotopic (exact) mass is 410 g/mol. The molecule has 2 bridgehead atoms. The number of carboxylic acid groups (broad SMARTS) is 1. The van der Waals surface area contributed by atoms with Crippen LogP contribution in [0.15, 0.2) is 66.7 Å². The molecule has 0 unspecified atom stereocenters. The SMILES string of the molecule is O=C(O)c1cc(N2C(=O)[C@@H]3C4c5ccccc5C(c5ccccc54)[C@H]3C2=O)ccc1[O-]. The molecule has 0 aromatic heterocycles. The maximum absolute atomic E-state index is 13.6. The lowest BCUT2D eigenvalue weighted by Gasteiger charge is -2.45. The van der Waals surface area contributed by atoms with Crippen molar-refractivity contribution in [2.24, 2.45) is 11.8 Å². The van der Waals surface area contributed by atoms with Gasteiger partial charge >= 0.3 is 5.97 Å². The van der Waals surface area contributed by atoms with E-state index in [0.717, 1.165) is 39.3 Å². The Morgan fingerprint density at radius 1 is 0.774 bits per heavy atom. The van der Waals surface area contributed by atoms with Gasteiger partial charge in [0.25, 0.3) is 0 Å². The summed E-state index contributed by atoms with van der Waals surface area (Å²) in [4.78, 5) is 39.7. The Morgan fingerprint density at radius 3 is 1.65 bits per heavy atom. The molecular weight excluding hydrogens is 394 g/mol. The molecule has 1 aliphatic heterocycles. The van der Waals surface area contributed by atoms with E-state index in [9.17, 15) is 24.6 Å². The summed E-state index contributed by atoms with van der Waals surface area (Å²) in [5.41, 5.74) is 3.94. The Labute approximate surface area is 177 Å². The Morgan fingerprint density at radius 2 is 1.23 bits per heavy atom. The molecule has 1 N–H and O–H groups in total. The number of imide groups is 1. The molecule has 1 fully saturated rings. The van der Waals surface area contributed by atoms with Gasteiger partial charge in [0.2, 0.25) is 11.8 Å². The molecule has 6 heteroatoms. The second-order valence-electron chi connectivity index (χ2n) is 8.26. The number of nitrogens with zero attached hydrogens (tertiary/aromatic N) is 1. The lowest BCUT2D eigenvalue weighted by atomic mass is 9.55. The van der Waals surface area contributed by atoms with Crippen molar-refractivity contribution in [3.05, 3.63) is 94.5 Å². The van der Waals surface area contributed by atoms with Gasteiger partial charge in [-0.25, -0.2) is 9.69 Å². The molecule has 1 heterocycles. The highest BCUT2D eigenvalue weighted by molar-refractivity contribution is 6.23. The fourth-order valence-corrected chi connectivity index (χ4v) is 5.76. The molecule has 152 valence electrons. The van der Waals surface area contributed by atoms with Gasteiger partial charge in [0.15, 0.2) is 0 Å². The zero-order valence-electron chi connectivity index (χ0n) is 16.2. The van der Waals surface area contributed by atoms with Gasteiger partial charge in [-0.2, -0.15) is 0 Å². The lowest BCUT2D eigenvalue weighted by molar-refractivity contribution is -0.268. The van der Waals surface area contributed by atoms with Crippen LogP contribution in [0.4, 0.5) is 5.69 Å². The third-order valence-electron chi connectivity index (χ3n) is 6.90. The minimum atomic E-state index is -1.39. The number of carbonyl (C=O) groups is 3. The van der Waals surface area contributed by atoms with E-state index >= 15 is 0 Å². The third-order valence-corrected chi connectivity index (χ3v) is 6.90. The van der Waals surface area contributed by atoms with Crippen molar-refractivity contribution in [2.45, 2.75) is 11.8 Å². The maximum Gasteiger partial charge on any atom is 0.335 e. The van der Waals surface area contributed by atoms with Gasteiger partial charge in [-0.05, 0) is 34.4 Å². The van der Waals surface area contributed by atoms with Crippen LogP contribution in [0.25, 0.3) is 0 Å². The number of hydrogen-bond acceptors (Lipinski definition) is 4. The zero-order chi connectivity index (χ0) is 21.4. The second kappa shape index (κ2) is 6.04. The standard InChI is InChI=1S/C25H17NO5/c27-18-10-9-12(11-17(18)25(30)31)26-23(28)21-19-13-5-1-2-6-14(13)20(22(21)24(26)29)16-8-4-3-7-15(16)19/h1-11,19-22,27H,(H,30,31)/p-1/t19?,20?,21-,22-/m1/s1. The van der Waals surface area contributed by atoms with Gasteiger partial charge in [-0.1, -0.05) is 60.3 Å². The van der Waals surface area contributed by atoms with E-state index in [0.29, 0.717) is 0 Å². The van der Waals surface area contributed by atoms with Crippen molar-refractivity contribution >= 4 is 23.5 Å². The minimum Gasteiger partial charge on any atom is -0.872 e. The van der Waals surface area contributed by atoms with Gasteiger partial charge in [0.05, 0.1) is 23.1 Å². The van der Waals surface area contributed by atoms with Gasteiger partial charge in [-0.15, -0.1) is 0 Å². The topological polar surface area (TPSA) is 97.7 Å². The first-order valence-corrected chi connectivity index (χ1v) is 10.1. The molecule has 4 aliphatic rings. The Hall–Kier alpha value is -3.93. The summed E-state index contributed by atoms with van der Waals surface area (Å²) in [5.74, 6) is -4.31. The lowest BCUT2D eigenvalue weighted by Crippen LogP contribution is -2.41. The molecular formula is C25H16NO5-. The van der Waals surface area contributed by atoms with E-state index in [2.05, 4.69) is 0 Å². The molecule has 2 amide bonds. The van der Waals surface area contributed by atoms with Gasteiger partial charge in [0.1, 0.15) is 0 Å². The molecule has 6 nitrogen and oxygen atoms in total. The highest BCUT2D eigenvalue weighted by Crippen LogP contribution is 2.61. The summed E-state index contributed by atoms with van der Waals surface area (Å²) >= 11 is 0.